The second-order valence-corrected chi connectivity index (χ2v) is 11.1. The number of anilines is 6. The monoisotopic (exact) mass is 562 g/mol. The van der Waals surface area contributed by atoms with E-state index in [-0.39, 0.29) is 0 Å². The van der Waals surface area contributed by atoms with E-state index in [4.69, 9.17) is 0 Å². The van der Waals surface area contributed by atoms with Gasteiger partial charge >= 0.3 is 0 Å². The van der Waals surface area contributed by atoms with Gasteiger partial charge in [0.1, 0.15) is 0 Å². The lowest BCUT2D eigenvalue weighted by Gasteiger charge is -2.28. The Balaban J connectivity index is 1.27. The van der Waals surface area contributed by atoms with Gasteiger partial charge in [0.25, 0.3) is 0 Å². The molecule has 8 rings (SSSR count). The lowest BCUT2D eigenvalue weighted by atomic mass is 10.0. The van der Waals surface area contributed by atoms with E-state index in [0.717, 1.165) is 34.1 Å². The van der Waals surface area contributed by atoms with Crippen molar-refractivity contribution in [2.45, 2.75) is 0 Å². The van der Waals surface area contributed by atoms with Crippen LogP contribution in [-0.2, 0) is 0 Å². The average Bonchev–Trinajstić information content (AvgIpc) is 3.10. The van der Waals surface area contributed by atoms with Crippen LogP contribution < -0.4 is 9.80 Å². The molecule has 0 heterocycles. The molecule has 208 valence electrons. The first-order valence-electron chi connectivity index (χ1n) is 15.0. The Bertz CT molecular complexity index is 2070. The van der Waals surface area contributed by atoms with E-state index >= 15 is 0 Å². The number of para-hydroxylation sites is 2. The average molecular weight is 563 g/mol. The fourth-order valence-electron chi connectivity index (χ4n) is 6.31. The molecule has 0 saturated carbocycles. The van der Waals surface area contributed by atoms with Gasteiger partial charge in [-0.3, -0.25) is 0 Å². The molecule has 0 aliphatic carbocycles. The molecule has 0 aliphatic rings. The summed E-state index contributed by atoms with van der Waals surface area (Å²) in [5.41, 5.74) is 6.84. The van der Waals surface area contributed by atoms with Crippen LogP contribution in [0.2, 0.25) is 0 Å². The summed E-state index contributed by atoms with van der Waals surface area (Å²) >= 11 is 0. The van der Waals surface area contributed by atoms with E-state index < -0.39 is 0 Å². The number of rotatable bonds is 6. The molecular formula is C42H30N2. The second kappa shape index (κ2) is 11.1. The van der Waals surface area contributed by atoms with Gasteiger partial charge in [0.2, 0.25) is 0 Å². The summed E-state index contributed by atoms with van der Waals surface area (Å²) < 4.78 is 0. The quantitative estimate of drug-likeness (QED) is 0.199. The Hall–Kier alpha value is -5.86. The molecule has 8 aromatic rings. The maximum Gasteiger partial charge on any atom is 0.0540 e. The molecule has 0 aliphatic heterocycles. The van der Waals surface area contributed by atoms with E-state index in [1.165, 1.54) is 32.3 Å². The minimum atomic E-state index is 1.13. The molecular weight excluding hydrogens is 532 g/mol. The largest absolute Gasteiger partial charge is 0.310 e. The number of benzene rings is 8. The first-order valence-corrected chi connectivity index (χ1v) is 15.0. The lowest BCUT2D eigenvalue weighted by molar-refractivity contribution is 1.30. The van der Waals surface area contributed by atoms with Crippen molar-refractivity contribution in [3.05, 3.63) is 182 Å². The highest BCUT2D eigenvalue weighted by molar-refractivity contribution is 6.02. The lowest BCUT2D eigenvalue weighted by Crippen LogP contribution is -2.11. The first kappa shape index (κ1) is 25.8. The molecule has 0 N–H and O–H groups in total. The molecule has 8 aromatic carbocycles. The van der Waals surface area contributed by atoms with Crippen molar-refractivity contribution in [2.75, 3.05) is 9.80 Å². The van der Waals surface area contributed by atoms with Crippen LogP contribution in [0.25, 0.3) is 32.3 Å². The summed E-state index contributed by atoms with van der Waals surface area (Å²) in [6, 6.07) is 65.1. The highest BCUT2D eigenvalue weighted by atomic mass is 15.1. The molecule has 2 nitrogen and oxygen atoms in total. The zero-order valence-electron chi connectivity index (χ0n) is 24.2. The van der Waals surface area contributed by atoms with E-state index in [1.54, 1.807) is 0 Å². The molecule has 0 aromatic heterocycles. The molecule has 0 spiro atoms. The number of hydrogen-bond donors (Lipinski definition) is 0. The first-order chi connectivity index (χ1) is 21.8. The zero-order chi connectivity index (χ0) is 29.3. The van der Waals surface area contributed by atoms with E-state index in [0.29, 0.717) is 0 Å². The van der Waals surface area contributed by atoms with Gasteiger partial charge in [0.05, 0.1) is 11.4 Å². The number of nitrogens with zero attached hydrogens (tertiary/aromatic N) is 2. The van der Waals surface area contributed by atoms with Gasteiger partial charge in [-0.05, 0) is 82.2 Å². The summed E-state index contributed by atoms with van der Waals surface area (Å²) in [5.74, 6) is 0. The Morgan fingerprint density at radius 1 is 0.250 bits per heavy atom. The molecule has 0 amide bonds. The fourth-order valence-corrected chi connectivity index (χ4v) is 6.31. The van der Waals surface area contributed by atoms with Crippen molar-refractivity contribution in [3.8, 4) is 0 Å². The minimum absolute atomic E-state index is 1.13. The van der Waals surface area contributed by atoms with Gasteiger partial charge < -0.3 is 9.80 Å². The van der Waals surface area contributed by atoms with Gasteiger partial charge in [-0.2, -0.15) is 0 Å². The maximum absolute atomic E-state index is 2.36. The molecule has 0 bridgehead atoms. The Morgan fingerprint density at radius 2 is 0.636 bits per heavy atom. The fraction of sp³-hybridized carbons (Fsp3) is 0. The van der Waals surface area contributed by atoms with Crippen molar-refractivity contribution >= 4 is 66.4 Å². The molecule has 0 atom stereocenters. The summed E-state index contributed by atoms with van der Waals surface area (Å²) in [6.45, 7) is 0. The van der Waals surface area contributed by atoms with Crippen LogP contribution in [0, 0.1) is 0 Å². The summed E-state index contributed by atoms with van der Waals surface area (Å²) in [5, 5.41) is 7.29. The van der Waals surface area contributed by atoms with Gasteiger partial charge in [0.15, 0.2) is 0 Å². The normalized spacial score (nSPS) is 11.2. The van der Waals surface area contributed by atoms with E-state index in [1.807, 2.05) is 0 Å². The molecule has 2 heteroatoms. The molecule has 0 unspecified atom stereocenters. The molecule has 44 heavy (non-hydrogen) atoms. The molecule has 0 fully saturated rings. The van der Waals surface area contributed by atoms with Crippen LogP contribution in [0.3, 0.4) is 0 Å². The smallest absolute Gasteiger partial charge is 0.0540 e. The van der Waals surface area contributed by atoms with Gasteiger partial charge in [-0.15, -0.1) is 0 Å². The topological polar surface area (TPSA) is 6.48 Å². The summed E-state index contributed by atoms with van der Waals surface area (Å²) in [4.78, 5) is 4.73. The van der Waals surface area contributed by atoms with Crippen LogP contribution in [0.1, 0.15) is 0 Å². The van der Waals surface area contributed by atoms with Crippen molar-refractivity contribution < 1.29 is 0 Å². The van der Waals surface area contributed by atoms with Crippen LogP contribution in [-0.4, -0.2) is 0 Å². The standard InChI is InChI=1S/C42H30N2/c1-3-17-35(18-4-1)43(41-23-11-15-31-13-7-9-21-39(31)41)37-27-25-34-30-38(28-26-33(34)29-37)44(36-19-5-2-6-20-36)42-24-12-16-32-14-8-10-22-40(32)42/h1-30H. The van der Waals surface area contributed by atoms with E-state index in [9.17, 15) is 0 Å². The number of hydrogen-bond acceptors (Lipinski definition) is 2. The van der Waals surface area contributed by atoms with Gasteiger partial charge in [-0.25, -0.2) is 0 Å². The highest BCUT2D eigenvalue weighted by Crippen LogP contribution is 2.42. The van der Waals surface area contributed by atoms with Gasteiger partial charge in [-0.1, -0.05) is 121 Å². The second-order valence-electron chi connectivity index (χ2n) is 11.1. The third-order valence-corrected chi connectivity index (χ3v) is 8.37. The third kappa shape index (κ3) is 4.63. The highest BCUT2D eigenvalue weighted by Gasteiger charge is 2.18. The molecule has 0 radical (unpaired) electrons. The Morgan fingerprint density at radius 3 is 1.09 bits per heavy atom. The number of fused-ring (bicyclic) bond motifs is 3. The summed E-state index contributed by atoms with van der Waals surface area (Å²) in [7, 11) is 0. The van der Waals surface area contributed by atoms with Crippen LogP contribution in [0.4, 0.5) is 34.1 Å². The Labute approximate surface area is 257 Å². The predicted octanol–water partition coefficient (Wildman–Crippen LogP) is 12.1. The van der Waals surface area contributed by atoms with Crippen molar-refractivity contribution in [1.82, 2.24) is 0 Å². The third-order valence-electron chi connectivity index (χ3n) is 8.37. The van der Waals surface area contributed by atoms with Crippen molar-refractivity contribution in [1.29, 1.82) is 0 Å². The van der Waals surface area contributed by atoms with Crippen molar-refractivity contribution in [2.24, 2.45) is 0 Å². The molecule has 0 saturated heterocycles. The SMILES string of the molecule is c1ccc(N(c2ccc3cc(N(c4ccccc4)c4cccc5ccccc45)ccc3c2)c2cccc3ccccc23)cc1. The van der Waals surface area contributed by atoms with Crippen LogP contribution >= 0.6 is 0 Å². The van der Waals surface area contributed by atoms with E-state index in [2.05, 4.69) is 192 Å². The van der Waals surface area contributed by atoms with Crippen molar-refractivity contribution in [3.63, 3.8) is 0 Å². The Kier molecular flexibility index (Phi) is 6.51. The van der Waals surface area contributed by atoms with Crippen LogP contribution in [0.5, 0.6) is 0 Å². The van der Waals surface area contributed by atoms with Crippen LogP contribution in [0.15, 0.2) is 182 Å². The predicted molar refractivity (Wildman–Crippen MR) is 188 cm³/mol. The maximum atomic E-state index is 2.36. The van der Waals surface area contributed by atoms with Gasteiger partial charge in [0, 0.05) is 33.5 Å². The minimum Gasteiger partial charge on any atom is -0.310 e. The summed E-state index contributed by atoms with van der Waals surface area (Å²) in [6.07, 6.45) is 0. The zero-order valence-corrected chi connectivity index (χ0v) is 24.2.